The van der Waals surface area contributed by atoms with Crippen molar-refractivity contribution >= 4 is 16.5 Å². The second kappa shape index (κ2) is 6.41. The van der Waals surface area contributed by atoms with Gasteiger partial charge in [0, 0.05) is 43.6 Å². The standard InChI is InChI=1S/C15H26N4S/c1-3-4-13-14(11-16-2)20-15(17-13)19-9-7-18(8-10-19)12-5-6-12/h12,16H,3-11H2,1-2H3. The van der Waals surface area contributed by atoms with E-state index in [4.69, 9.17) is 4.98 Å². The summed E-state index contributed by atoms with van der Waals surface area (Å²) in [7, 11) is 2.02. The molecule has 1 aromatic rings. The van der Waals surface area contributed by atoms with Crippen molar-refractivity contribution in [3.63, 3.8) is 0 Å². The van der Waals surface area contributed by atoms with Crippen molar-refractivity contribution in [2.75, 3.05) is 38.1 Å². The second-order valence-corrected chi connectivity index (χ2v) is 6.96. The second-order valence-electron chi connectivity index (χ2n) is 5.90. The summed E-state index contributed by atoms with van der Waals surface area (Å²) in [6.45, 7) is 7.91. The van der Waals surface area contributed by atoms with E-state index >= 15 is 0 Å². The lowest BCUT2D eigenvalue weighted by Gasteiger charge is -2.34. The molecule has 1 aliphatic carbocycles. The minimum absolute atomic E-state index is 0.906. The number of thiazole rings is 1. The van der Waals surface area contributed by atoms with Crippen LogP contribution in [-0.4, -0.2) is 49.2 Å². The first kappa shape index (κ1) is 14.3. The molecule has 1 aromatic heterocycles. The number of piperazine rings is 1. The molecule has 1 saturated heterocycles. The van der Waals surface area contributed by atoms with Crippen molar-refractivity contribution in [2.45, 2.75) is 45.2 Å². The van der Waals surface area contributed by atoms with Crippen molar-refractivity contribution in [3.8, 4) is 0 Å². The van der Waals surface area contributed by atoms with E-state index in [1.54, 1.807) is 0 Å². The summed E-state index contributed by atoms with van der Waals surface area (Å²) in [5, 5.41) is 4.52. The maximum absolute atomic E-state index is 4.91. The van der Waals surface area contributed by atoms with Crippen molar-refractivity contribution < 1.29 is 0 Å². The number of nitrogens with one attached hydrogen (secondary N) is 1. The Hall–Kier alpha value is -0.650. The molecule has 3 rings (SSSR count). The molecule has 2 aliphatic rings. The van der Waals surface area contributed by atoms with Gasteiger partial charge in [-0.2, -0.15) is 0 Å². The van der Waals surface area contributed by atoms with Crippen LogP contribution in [0.3, 0.4) is 0 Å². The predicted molar refractivity (Wildman–Crippen MR) is 85.7 cm³/mol. The molecule has 1 N–H and O–H groups in total. The van der Waals surface area contributed by atoms with Crippen LogP contribution in [0.2, 0.25) is 0 Å². The van der Waals surface area contributed by atoms with Crippen LogP contribution in [0.15, 0.2) is 0 Å². The number of aromatic nitrogens is 1. The van der Waals surface area contributed by atoms with Gasteiger partial charge >= 0.3 is 0 Å². The highest BCUT2D eigenvalue weighted by molar-refractivity contribution is 7.15. The Kier molecular flexibility index (Phi) is 4.58. The summed E-state index contributed by atoms with van der Waals surface area (Å²) in [6.07, 6.45) is 5.12. The average Bonchev–Trinajstić information content (AvgIpc) is 3.24. The zero-order valence-corrected chi connectivity index (χ0v) is 13.5. The van der Waals surface area contributed by atoms with E-state index in [-0.39, 0.29) is 0 Å². The normalized spacial score (nSPS) is 20.6. The van der Waals surface area contributed by atoms with Gasteiger partial charge in [-0.15, -0.1) is 11.3 Å². The molecule has 0 radical (unpaired) electrons. The first-order valence-corrected chi connectivity index (χ1v) is 8.75. The topological polar surface area (TPSA) is 31.4 Å². The Bertz CT molecular complexity index is 410. The summed E-state index contributed by atoms with van der Waals surface area (Å²) in [6, 6.07) is 0.906. The number of hydrogen-bond donors (Lipinski definition) is 1. The Morgan fingerprint density at radius 3 is 2.60 bits per heavy atom. The minimum atomic E-state index is 0.906. The Labute approximate surface area is 126 Å². The molecule has 1 saturated carbocycles. The molecule has 0 bridgehead atoms. The van der Waals surface area contributed by atoms with Gasteiger partial charge in [-0.25, -0.2) is 4.98 Å². The Morgan fingerprint density at radius 2 is 2.00 bits per heavy atom. The number of aryl methyl sites for hydroxylation is 1. The van der Waals surface area contributed by atoms with Crippen LogP contribution in [-0.2, 0) is 13.0 Å². The van der Waals surface area contributed by atoms with Crippen LogP contribution in [0.25, 0.3) is 0 Å². The molecule has 20 heavy (non-hydrogen) atoms. The molecule has 0 amide bonds. The third-order valence-corrected chi connectivity index (χ3v) is 5.40. The van der Waals surface area contributed by atoms with E-state index < -0.39 is 0 Å². The monoisotopic (exact) mass is 294 g/mol. The smallest absolute Gasteiger partial charge is 0.185 e. The zero-order chi connectivity index (χ0) is 13.9. The molecular weight excluding hydrogens is 268 g/mol. The molecule has 1 aliphatic heterocycles. The lowest BCUT2D eigenvalue weighted by molar-refractivity contribution is 0.248. The Morgan fingerprint density at radius 1 is 1.25 bits per heavy atom. The van der Waals surface area contributed by atoms with E-state index in [2.05, 4.69) is 22.0 Å². The molecule has 2 fully saturated rings. The van der Waals surface area contributed by atoms with Gasteiger partial charge in [0.05, 0.1) is 5.69 Å². The van der Waals surface area contributed by atoms with E-state index in [0.717, 1.165) is 32.1 Å². The average molecular weight is 294 g/mol. The van der Waals surface area contributed by atoms with Gasteiger partial charge in [0.2, 0.25) is 0 Å². The van der Waals surface area contributed by atoms with Crippen molar-refractivity contribution in [1.82, 2.24) is 15.2 Å². The quantitative estimate of drug-likeness (QED) is 0.870. The van der Waals surface area contributed by atoms with E-state index in [0.29, 0.717) is 0 Å². The van der Waals surface area contributed by atoms with Gasteiger partial charge in [0.1, 0.15) is 0 Å². The lowest BCUT2D eigenvalue weighted by Crippen LogP contribution is -2.47. The molecule has 112 valence electrons. The number of rotatable bonds is 6. The minimum Gasteiger partial charge on any atom is -0.346 e. The van der Waals surface area contributed by atoms with Crippen LogP contribution >= 0.6 is 11.3 Å². The third-order valence-electron chi connectivity index (χ3n) is 4.24. The van der Waals surface area contributed by atoms with Crippen molar-refractivity contribution in [2.24, 2.45) is 0 Å². The highest BCUT2D eigenvalue weighted by Crippen LogP contribution is 2.31. The van der Waals surface area contributed by atoms with Crippen LogP contribution in [0.5, 0.6) is 0 Å². The van der Waals surface area contributed by atoms with Crippen LogP contribution < -0.4 is 10.2 Å². The van der Waals surface area contributed by atoms with Crippen LogP contribution in [0.4, 0.5) is 5.13 Å². The lowest BCUT2D eigenvalue weighted by atomic mass is 10.2. The van der Waals surface area contributed by atoms with Gasteiger partial charge in [0.25, 0.3) is 0 Å². The summed E-state index contributed by atoms with van der Waals surface area (Å²) in [5.41, 5.74) is 1.31. The third kappa shape index (κ3) is 3.15. The summed E-state index contributed by atoms with van der Waals surface area (Å²) >= 11 is 1.89. The van der Waals surface area contributed by atoms with Gasteiger partial charge in [-0.05, 0) is 26.3 Å². The highest BCUT2D eigenvalue weighted by atomic mass is 32.1. The molecule has 0 aromatic carbocycles. The number of nitrogens with zero attached hydrogens (tertiary/aromatic N) is 3. The van der Waals surface area contributed by atoms with E-state index in [1.165, 1.54) is 48.1 Å². The van der Waals surface area contributed by atoms with Gasteiger partial charge < -0.3 is 10.2 Å². The highest BCUT2D eigenvalue weighted by Gasteiger charge is 2.31. The molecule has 5 heteroatoms. The number of hydrogen-bond acceptors (Lipinski definition) is 5. The van der Waals surface area contributed by atoms with Crippen molar-refractivity contribution in [1.29, 1.82) is 0 Å². The fraction of sp³-hybridized carbons (Fsp3) is 0.800. The Balaban J connectivity index is 1.65. The summed E-state index contributed by atoms with van der Waals surface area (Å²) in [5.74, 6) is 0. The predicted octanol–water partition coefficient (Wildman–Crippen LogP) is 2.10. The first-order valence-electron chi connectivity index (χ1n) is 7.94. The molecule has 0 spiro atoms. The number of anilines is 1. The van der Waals surface area contributed by atoms with Gasteiger partial charge in [0.15, 0.2) is 5.13 Å². The fourth-order valence-electron chi connectivity index (χ4n) is 2.95. The van der Waals surface area contributed by atoms with Crippen molar-refractivity contribution in [3.05, 3.63) is 10.6 Å². The maximum Gasteiger partial charge on any atom is 0.185 e. The van der Waals surface area contributed by atoms with Crippen LogP contribution in [0, 0.1) is 0 Å². The fourth-order valence-corrected chi connectivity index (χ4v) is 4.12. The SMILES string of the molecule is CCCc1nc(N2CCN(C3CC3)CC2)sc1CNC. The van der Waals surface area contributed by atoms with Gasteiger partial charge in [-0.1, -0.05) is 13.3 Å². The summed E-state index contributed by atoms with van der Waals surface area (Å²) in [4.78, 5) is 11.5. The zero-order valence-electron chi connectivity index (χ0n) is 12.7. The molecule has 0 atom stereocenters. The molecule has 0 unspecified atom stereocenters. The first-order chi connectivity index (χ1) is 9.81. The van der Waals surface area contributed by atoms with Gasteiger partial charge in [-0.3, -0.25) is 4.90 Å². The van der Waals surface area contributed by atoms with E-state index in [1.807, 2.05) is 18.4 Å². The molecule has 4 nitrogen and oxygen atoms in total. The maximum atomic E-state index is 4.91. The largest absolute Gasteiger partial charge is 0.346 e. The molecular formula is C15H26N4S. The van der Waals surface area contributed by atoms with E-state index in [9.17, 15) is 0 Å². The van der Waals surface area contributed by atoms with Crippen LogP contribution in [0.1, 0.15) is 36.8 Å². The summed E-state index contributed by atoms with van der Waals surface area (Å²) < 4.78 is 0. The molecule has 2 heterocycles.